The largest absolute Gasteiger partial charge is 0.466 e. The first-order chi connectivity index (χ1) is 6.60. The molecular formula is C10H14O4. The molecule has 0 N–H and O–H groups in total. The zero-order chi connectivity index (χ0) is 10.7. The number of esters is 2. The lowest BCUT2D eigenvalue weighted by atomic mass is 9.96. The summed E-state index contributed by atoms with van der Waals surface area (Å²) in [5, 5.41) is 0. The van der Waals surface area contributed by atoms with E-state index in [1.165, 1.54) is 7.11 Å². The number of hydrogen-bond donors (Lipinski definition) is 0. The number of carbonyl (C=O) groups excluding carboxylic acids is 2. The minimum atomic E-state index is -0.538. The van der Waals surface area contributed by atoms with Gasteiger partial charge < -0.3 is 9.47 Å². The van der Waals surface area contributed by atoms with Gasteiger partial charge in [-0.1, -0.05) is 13.5 Å². The highest BCUT2D eigenvalue weighted by atomic mass is 16.6. The average Bonchev–Trinajstić information content (AvgIpc) is 2.57. The van der Waals surface area contributed by atoms with Crippen molar-refractivity contribution in [2.75, 3.05) is 7.11 Å². The lowest BCUT2D eigenvalue weighted by Crippen LogP contribution is -2.17. The van der Waals surface area contributed by atoms with Crippen LogP contribution in [0.3, 0.4) is 0 Å². The van der Waals surface area contributed by atoms with Gasteiger partial charge in [0.2, 0.25) is 0 Å². The SMILES string of the molecule is C=C(C(=O)OC)[C@H]1C[C@@H](CC)OC1=O. The number of hydrogen-bond acceptors (Lipinski definition) is 4. The van der Waals surface area contributed by atoms with Crippen LogP contribution in [-0.2, 0) is 19.1 Å². The third kappa shape index (κ3) is 1.95. The molecule has 4 nitrogen and oxygen atoms in total. The van der Waals surface area contributed by atoms with E-state index in [1.54, 1.807) is 0 Å². The zero-order valence-corrected chi connectivity index (χ0v) is 8.41. The van der Waals surface area contributed by atoms with Crippen LogP contribution in [0.4, 0.5) is 0 Å². The molecular weight excluding hydrogens is 184 g/mol. The summed E-state index contributed by atoms with van der Waals surface area (Å²) < 4.78 is 9.53. The van der Waals surface area contributed by atoms with Crippen molar-refractivity contribution in [1.29, 1.82) is 0 Å². The summed E-state index contributed by atoms with van der Waals surface area (Å²) in [5.41, 5.74) is 0.188. The maximum Gasteiger partial charge on any atom is 0.334 e. The van der Waals surface area contributed by atoms with Crippen LogP contribution < -0.4 is 0 Å². The van der Waals surface area contributed by atoms with E-state index in [2.05, 4.69) is 11.3 Å². The number of methoxy groups -OCH3 is 1. The average molecular weight is 198 g/mol. The molecule has 1 saturated heterocycles. The van der Waals surface area contributed by atoms with Gasteiger partial charge in [0.05, 0.1) is 13.0 Å². The van der Waals surface area contributed by atoms with Crippen LogP contribution in [0.25, 0.3) is 0 Å². The Morgan fingerprint density at radius 3 is 2.79 bits per heavy atom. The highest BCUT2D eigenvalue weighted by Crippen LogP contribution is 2.28. The van der Waals surface area contributed by atoms with Crippen molar-refractivity contribution in [2.45, 2.75) is 25.9 Å². The first-order valence-electron chi connectivity index (χ1n) is 4.57. The van der Waals surface area contributed by atoms with E-state index in [0.29, 0.717) is 6.42 Å². The summed E-state index contributed by atoms with van der Waals surface area (Å²) >= 11 is 0. The number of cyclic esters (lactones) is 1. The van der Waals surface area contributed by atoms with Gasteiger partial charge in [-0.3, -0.25) is 4.79 Å². The smallest absolute Gasteiger partial charge is 0.334 e. The monoisotopic (exact) mass is 198 g/mol. The van der Waals surface area contributed by atoms with Gasteiger partial charge in [0.15, 0.2) is 0 Å². The van der Waals surface area contributed by atoms with E-state index in [-0.39, 0.29) is 17.6 Å². The van der Waals surface area contributed by atoms with E-state index in [4.69, 9.17) is 4.74 Å². The van der Waals surface area contributed by atoms with Crippen molar-refractivity contribution >= 4 is 11.9 Å². The molecule has 1 fully saturated rings. The van der Waals surface area contributed by atoms with Crippen LogP contribution in [0.5, 0.6) is 0 Å². The Labute approximate surface area is 82.9 Å². The fourth-order valence-corrected chi connectivity index (χ4v) is 1.46. The Balaban J connectivity index is 2.66. The number of carbonyl (C=O) groups is 2. The van der Waals surface area contributed by atoms with Crippen molar-refractivity contribution in [1.82, 2.24) is 0 Å². The first kappa shape index (κ1) is 10.8. The molecule has 0 amide bonds. The predicted octanol–water partition coefficient (Wildman–Crippen LogP) is 1.06. The van der Waals surface area contributed by atoms with Crippen molar-refractivity contribution in [3.05, 3.63) is 12.2 Å². The van der Waals surface area contributed by atoms with Crippen LogP contribution >= 0.6 is 0 Å². The van der Waals surface area contributed by atoms with Crippen LogP contribution in [0, 0.1) is 5.92 Å². The predicted molar refractivity (Wildman–Crippen MR) is 49.4 cm³/mol. The minimum absolute atomic E-state index is 0.0890. The number of rotatable bonds is 3. The molecule has 14 heavy (non-hydrogen) atoms. The Hall–Kier alpha value is -1.32. The minimum Gasteiger partial charge on any atom is -0.466 e. The molecule has 0 aromatic carbocycles. The molecule has 1 aliphatic heterocycles. The molecule has 0 spiro atoms. The summed E-state index contributed by atoms with van der Waals surface area (Å²) in [6, 6.07) is 0. The van der Waals surface area contributed by atoms with Gasteiger partial charge >= 0.3 is 11.9 Å². The fraction of sp³-hybridized carbons (Fsp3) is 0.600. The molecule has 78 valence electrons. The van der Waals surface area contributed by atoms with E-state index in [9.17, 15) is 9.59 Å². The molecule has 2 atom stereocenters. The summed E-state index contributed by atoms with van der Waals surface area (Å²) in [7, 11) is 1.27. The van der Waals surface area contributed by atoms with Crippen molar-refractivity contribution in [3.8, 4) is 0 Å². The van der Waals surface area contributed by atoms with Crippen LogP contribution in [0.2, 0.25) is 0 Å². The van der Waals surface area contributed by atoms with Gasteiger partial charge in [0.1, 0.15) is 6.10 Å². The lowest BCUT2D eigenvalue weighted by Gasteiger charge is -2.06. The fourth-order valence-electron chi connectivity index (χ4n) is 1.46. The normalized spacial score (nSPS) is 25.7. The number of ether oxygens (including phenoxy) is 2. The van der Waals surface area contributed by atoms with E-state index < -0.39 is 11.9 Å². The molecule has 1 heterocycles. The molecule has 0 aromatic rings. The Morgan fingerprint density at radius 1 is 1.71 bits per heavy atom. The van der Waals surface area contributed by atoms with Gasteiger partial charge in [-0.05, 0) is 6.42 Å². The Bertz CT molecular complexity index is 269. The Morgan fingerprint density at radius 2 is 2.36 bits per heavy atom. The van der Waals surface area contributed by atoms with E-state index in [1.807, 2.05) is 6.92 Å². The van der Waals surface area contributed by atoms with E-state index >= 15 is 0 Å². The summed E-state index contributed by atoms with van der Waals surface area (Å²) in [6.45, 7) is 5.48. The van der Waals surface area contributed by atoms with Crippen molar-refractivity contribution < 1.29 is 19.1 Å². The van der Waals surface area contributed by atoms with Gasteiger partial charge in [-0.25, -0.2) is 4.79 Å². The molecule has 0 aliphatic carbocycles. The molecule has 0 saturated carbocycles. The van der Waals surface area contributed by atoms with Gasteiger partial charge in [0.25, 0.3) is 0 Å². The van der Waals surface area contributed by atoms with Gasteiger partial charge in [-0.2, -0.15) is 0 Å². The third-order valence-electron chi connectivity index (χ3n) is 2.39. The summed E-state index contributed by atoms with van der Waals surface area (Å²) in [5.74, 6) is -1.43. The van der Waals surface area contributed by atoms with Crippen molar-refractivity contribution in [2.24, 2.45) is 5.92 Å². The quantitative estimate of drug-likeness (QED) is 0.502. The second-order valence-corrected chi connectivity index (χ2v) is 3.27. The molecule has 0 aromatic heterocycles. The topological polar surface area (TPSA) is 52.6 Å². The zero-order valence-electron chi connectivity index (χ0n) is 8.41. The highest BCUT2D eigenvalue weighted by Gasteiger charge is 2.37. The van der Waals surface area contributed by atoms with Gasteiger partial charge in [-0.15, -0.1) is 0 Å². The second-order valence-electron chi connectivity index (χ2n) is 3.27. The Kier molecular flexibility index (Phi) is 3.28. The highest BCUT2D eigenvalue weighted by molar-refractivity contribution is 5.95. The first-order valence-corrected chi connectivity index (χ1v) is 4.57. The lowest BCUT2D eigenvalue weighted by molar-refractivity contribution is -0.146. The maximum atomic E-state index is 11.3. The van der Waals surface area contributed by atoms with Crippen LogP contribution in [0.15, 0.2) is 12.2 Å². The third-order valence-corrected chi connectivity index (χ3v) is 2.39. The standard InChI is InChI=1S/C10H14O4/c1-4-7-5-8(10(12)14-7)6(2)9(11)13-3/h7-8H,2,4-5H2,1,3H3/t7-,8-/m1/s1. The second kappa shape index (κ2) is 4.26. The summed E-state index contributed by atoms with van der Waals surface area (Å²) in [4.78, 5) is 22.4. The molecule has 1 rings (SSSR count). The molecule has 1 aliphatic rings. The van der Waals surface area contributed by atoms with E-state index in [0.717, 1.165) is 6.42 Å². The van der Waals surface area contributed by atoms with Gasteiger partial charge in [0, 0.05) is 12.0 Å². The molecule has 0 bridgehead atoms. The molecule has 0 unspecified atom stereocenters. The summed E-state index contributed by atoms with van der Waals surface area (Å²) in [6.07, 6.45) is 1.20. The molecule has 4 heteroatoms. The molecule has 0 radical (unpaired) electrons. The maximum absolute atomic E-state index is 11.3. The van der Waals surface area contributed by atoms with Crippen LogP contribution in [-0.4, -0.2) is 25.2 Å². The van der Waals surface area contributed by atoms with Crippen LogP contribution in [0.1, 0.15) is 19.8 Å². The van der Waals surface area contributed by atoms with Crippen molar-refractivity contribution in [3.63, 3.8) is 0 Å².